The fraction of sp³-hybridized carbons (Fsp3) is 0.462. The number of methoxy groups -OCH3 is 1. The number of hydrogen-bond donors (Lipinski definition) is 0. The Hall–Kier alpha value is -2.15. The molecular weight excluding hydrogens is 262 g/mol. The van der Waals surface area contributed by atoms with Gasteiger partial charge in [-0.3, -0.25) is 19.2 Å². The van der Waals surface area contributed by atoms with E-state index in [1.807, 2.05) is 6.92 Å². The number of benzene rings is 1. The maximum absolute atomic E-state index is 12.2. The Morgan fingerprint density at radius 3 is 2.70 bits per heavy atom. The molecule has 2 rings (SSSR count). The number of aryl methyl sites for hydroxylation is 2. The van der Waals surface area contributed by atoms with Crippen LogP contribution in [0.3, 0.4) is 0 Å². The van der Waals surface area contributed by atoms with Crippen LogP contribution in [0, 0.1) is 10.1 Å². The van der Waals surface area contributed by atoms with Gasteiger partial charge in [-0.15, -0.1) is 0 Å². The fourth-order valence-electron chi connectivity index (χ4n) is 2.16. The van der Waals surface area contributed by atoms with E-state index in [1.54, 1.807) is 24.8 Å². The number of imidazole rings is 1. The van der Waals surface area contributed by atoms with E-state index in [2.05, 4.69) is 0 Å². The summed E-state index contributed by atoms with van der Waals surface area (Å²) in [7, 11) is 3.27. The van der Waals surface area contributed by atoms with Crippen LogP contribution in [-0.4, -0.2) is 27.3 Å². The Morgan fingerprint density at radius 1 is 1.40 bits per heavy atom. The molecule has 108 valence electrons. The highest BCUT2D eigenvalue weighted by molar-refractivity contribution is 5.78. The molecule has 0 saturated heterocycles. The van der Waals surface area contributed by atoms with Crippen LogP contribution in [0.2, 0.25) is 0 Å². The molecule has 20 heavy (non-hydrogen) atoms. The summed E-state index contributed by atoms with van der Waals surface area (Å²) >= 11 is 0. The number of nitro benzene ring substituents is 1. The van der Waals surface area contributed by atoms with E-state index in [1.165, 1.54) is 16.7 Å². The second-order valence-electron chi connectivity index (χ2n) is 4.76. The van der Waals surface area contributed by atoms with E-state index in [9.17, 15) is 14.9 Å². The van der Waals surface area contributed by atoms with E-state index in [0.717, 1.165) is 0 Å². The van der Waals surface area contributed by atoms with Gasteiger partial charge in [-0.05, 0) is 19.4 Å². The Labute approximate surface area is 115 Å². The largest absolute Gasteiger partial charge is 0.382 e. The molecule has 7 heteroatoms. The van der Waals surface area contributed by atoms with Crippen LogP contribution in [0.25, 0.3) is 11.0 Å². The normalized spacial score (nSPS) is 12.8. The van der Waals surface area contributed by atoms with Crippen LogP contribution in [0.15, 0.2) is 23.0 Å². The van der Waals surface area contributed by atoms with Crippen LogP contribution in [0.5, 0.6) is 0 Å². The molecule has 1 heterocycles. The fourth-order valence-corrected chi connectivity index (χ4v) is 2.16. The number of non-ortho nitro benzene ring substituents is 1. The van der Waals surface area contributed by atoms with Crippen molar-refractivity contribution in [1.29, 1.82) is 0 Å². The second kappa shape index (κ2) is 5.46. The Balaban J connectivity index is 2.51. The summed E-state index contributed by atoms with van der Waals surface area (Å²) in [6.07, 6.45) is 0.689. The van der Waals surface area contributed by atoms with Gasteiger partial charge >= 0.3 is 5.69 Å². The quantitative estimate of drug-likeness (QED) is 0.616. The smallest absolute Gasteiger partial charge is 0.328 e. The summed E-state index contributed by atoms with van der Waals surface area (Å²) < 4.78 is 8.21. The first-order valence-corrected chi connectivity index (χ1v) is 6.32. The number of nitrogens with zero attached hydrogens (tertiary/aromatic N) is 3. The molecule has 1 unspecified atom stereocenters. The molecule has 0 fully saturated rings. The van der Waals surface area contributed by atoms with Crippen LogP contribution in [-0.2, 0) is 18.3 Å². The third-order valence-electron chi connectivity index (χ3n) is 3.50. The molecule has 0 N–H and O–H groups in total. The zero-order chi connectivity index (χ0) is 14.9. The molecule has 0 spiro atoms. The lowest BCUT2D eigenvalue weighted by molar-refractivity contribution is -0.384. The van der Waals surface area contributed by atoms with Gasteiger partial charge in [0, 0.05) is 32.8 Å². The summed E-state index contributed by atoms with van der Waals surface area (Å²) in [5, 5.41) is 10.9. The third-order valence-corrected chi connectivity index (χ3v) is 3.50. The number of nitro groups is 1. The molecule has 1 aromatic carbocycles. The summed E-state index contributed by atoms with van der Waals surface area (Å²) in [4.78, 5) is 22.6. The van der Waals surface area contributed by atoms with E-state index < -0.39 is 4.92 Å². The zero-order valence-electron chi connectivity index (χ0n) is 11.7. The molecule has 1 atom stereocenters. The van der Waals surface area contributed by atoms with E-state index in [-0.39, 0.29) is 17.5 Å². The van der Waals surface area contributed by atoms with Crippen molar-refractivity contribution >= 4 is 16.7 Å². The van der Waals surface area contributed by atoms with Gasteiger partial charge in [-0.2, -0.15) is 0 Å². The van der Waals surface area contributed by atoms with Crippen molar-refractivity contribution in [2.75, 3.05) is 7.11 Å². The van der Waals surface area contributed by atoms with Crippen LogP contribution < -0.4 is 5.69 Å². The van der Waals surface area contributed by atoms with Gasteiger partial charge in [0.2, 0.25) is 0 Å². The highest BCUT2D eigenvalue weighted by atomic mass is 16.6. The monoisotopic (exact) mass is 279 g/mol. The molecule has 0 amide bonds. The minimum atomic E-state index is -0.459. The van der Waals surface area contributed by atoms with Gasteiger partial charge in [-0.1, -0.05) is 0 Å². The zero-order valence-corrected chi connectivity index (χ0v) is 11.7. The van der Waals surface area contributed by atoms with Crippen LogP contribution in [0.4, 0.5) is 5.69 Å². The van der Waals surface area contributed by atoms with Crippen molar-refractivity contribution in [2.24, 2.45) is 7.05 Å². The van der Waals surface area contributed by atoms with Crippen molar-refractivity contribution < 1.29 is 9.66 Å². The molecule has 1 aromatic heterocycles. The van der Waals surface area contributed by atoms with Crippen molar-refractivity contribution in [3.8, 4) is 0 Å². The second-order valence-corrected chi connectivity index (χ2v) is 4.76. The van der Waals surface area contributed by atoms with Crippen LogP contribution in [0.1, 0.15) is 13.3 Å². The maximum Gasteiger partial charge on any atom is 0.328 e. The molecular formula is C13H17N3O4. The first-order valence-electron chi connectivity index (χ1n) is 6.32. The summed E-state index contributed by atoms with van der Waals surface area (Å²) in [6.45, 7) is 2.38. The minimum Gasteiger partial charge on any atom is -0.382 e. The van der Waals surface area contributed by atoms with Crippen molar-refractivity contribution in [3.63, 3.8) is 0 Å². The van der Waals surface area contributed by atoms with Crippen molar-refractivity contribution in [1.82, 2.24) is 9.13 Å². The van der Waals surface area contributed by atoms with Gasteiger partial charge in [0.05, 0.1) is 22.1 Å². The molecule has 0 saturated carbocycles. The summed E-state index contributed by atoms with van der Waals surface area (Å²) in [5.74, 6) is 0. The predicted octanol–water partition coefficient (Wildman–Crippen LogP) is 1.67. The first-order chi connectivity index (χ1) is 9.45. The number of rotatable bonds is 5. The lowest BCUT2D eigenvalue weighted by atomic mass is 10.2. The molecule has 2 aromatic rings. The van der Waals surface area contributed by atoms with Gasteiger partial charge in [0.15, 0.2) is 0 Å². The average Bonchev–Trinajstić information content (AvgIpc) is 2.68. The lowest BCUT2D eigenvalue weighted by Gasteiger charge is -2.09. The average molecular weight is 279 g/mol. The highest BCUT2D eigenvalue weighted by Gasteiger charge is 2.15. The summed E-state index contributed by atoms with van der Waals surface area (Å²) in [6, 6.07) is 4.45. The van der Waals surface area contributed by atoms with Gasteiger partial charge in [0.25, 0.3) is 5.69 Å². The van der Waals surface area contributed by atoms with Gasteiger partial charge in [0.1, 0.15) is 0 Å². The van der Waals surface area contributed by atoms with Crippen LogP contribution >= 0.6 is 0 Å². The lowest BCUT2D eigenvalue weighted by Crippen LogP contribution is -2.24. The van der Waals surface area contributed by atoms with Crippen molar-refractivity contribution in [3.05, 3.63) is 38.8 Å². The molecule has 0 aliphatic heterocycles. The molecule has 0 radical (unpaired) electrons. The predicted molar refractivity (Wildman–Crippen MR) is 74.9 cm³/mol. The topological polar surface area (TPSA) is 79.3 Å². The van der Waals surface area contributed by atoms with E-state index in [4.69, 9.17) is 4.74 Å². The number of fused-ring (bicyclic) bond motifs is 1. The summed E-state index contributed by atoms with van der Waals surface area (Å²) in [5.41, 5.74) is 1.07. The van der Waals surface area contributed by atoms with Gasteiger partial charge < -0.3 is 4.74 Å². The molecule has 7 nitrogen and oxygen atoms in total. The Kier molecular flexibility index (Phi) is 3.89. The van der Waals surface area contributed by atoms with Gasteiger partial charge in [-0.25, -0.2) is 4.79 Å². The number of aromatic nitrogens is 2. The molecule has 0 bridgehead atoms. The van der Waals surface area contributed by atoms with E-state index in [0.29, 0.717) is 24.0 Å². The SMILES string of the molecule is COC(C)CCn1c(=O)n(C)c2ccc([N+](=O)[O-])cc21. The number of hydrogen-bond acceptors (Lipinski definition) is 4. The minimum absolute atomic E-state index is 0.0170. The first kappa shape index (κ1) is 14.3. The number of ether oxygens (including phenoxy) is 1. The Morgan fingerprint density at radius 2 is 2.10 bits per heavy atom. The maximum atomic E-state index is 12.2. The Bertz CT molecular complexity index is 701. The molecule has 0 aliphatic rings. The third kappa shape index (κ3) is 2.44. The molecule has 0 aliphatic carbocycles. The standard InChI is InChI=1S/C13H17N3O4/c1-9(20-3)6-7-15-12-8-10(16(18)19)4-5-11(12)14(2)13(15)17/h4-5,8-9H,6-7H2,1-3H3. The van der Waals surface area contributed by atoms with E-state index >= 15 is 0 Å². The highest BCUT2D eigenvalue weighted by Crippen LogP contribution is 2.20. The van der Waals surface area contributed by atoms with Crippen molar-refractivity contribution in [2.45, 2.75) is 26.0 Å².